The molecule has 42 heavy (non-hydrogen) atoms. The molecule has 3 aromatic rings. The van der Waals surface area contributed by atoms with E-state index in [-0.39, 0.29) is 24.5 Å². The number of carbonyl (C=O) groups is 4. The van der Waals surface area contributed by atoms with Gasteiger partial charge in [-0.05, 0) is 23.6 Å². The molecular weight excluding hydrogens is 540 g/mol. The number of hydrogen-bond acceptors (Lipinski definition) is 7. The van der Waals surface area contributed by atoms with Crippen LogP contribution in [0.3, 0.4) is 0 Å². The van der Waals surface area contributed by atoms with Crippen molar-refractivity contribution in [2.45, 2.75) is 50.8 Å². The van der Waals surface area contributed by atoms with Crippen LogP contribution in [0.4, 0.5) is 0 Å². The van der Waals surface area contributed by atoms with Crippen LogP contribution >= 0.6 is 0 Å². The summed E-state index contributed by atoms with van der Waals surface area (Å²) >= 11 is 0. The van der Waals surface area contributed by atoms with Gasteiger partial charge >= 0.3 is 12.2 Å². The zero-order chi connectivity index (χ0) is 30.3. The number of fused-ring (bicyclic) bond motifs is 1. The topological polar surface area (TPSA) is 183 Å². The lowest BCUT2D eigenvalue weighted by Crippen LogP contribution is -2.55. The Balaban J connectivity index is 1.58. The molecule has 4 rings (SSSR count). The summed E-state index contributed by atoms with van der Waals surface area (Å²) < 4.78 is 0. The zero-order valence-electron chi connectivity index (χ0n) is 23.1. The number of nitrogens with zero attached hydrogens (tertiary/aromatic N) is 4. The molecule has 1 aliphatic heterocycles. The van der Waals surface area contributed by atoms with Crippen LogP contribution in [0.2, 0.25) is 0 Å². The van der Waals surface area contributed by atoms with Gasteiger partial charge in [0.05, 0.1) is 17.3 Å². The number of amides is 2. The van der Waals surface area contributed by atoms with Crippen molar-refractivity contribution in [2.75, 3.05) is 0 Å². The Bertz CT molecular complexity index is 1580. The van der Waals surface area contributed by atoms with Crippen molar-refractivity contribution in [1.82, 2.24) is 15.6 Å². The summed E-state index contributed by atoms with van der Waals surface area (Å²) in [4.78, 5) is 63.6. The van der Waals surface area contributed by atoms with E-state index in [2.05, 4.69) is 25.6 Å². The average Bonchev–Trinajstić information content (AvgIpc) is 3.40. The summed E-state index contributed by atoms with van der Waals surface area (Å²) in [5.74, 6) is -3.63. The van der Waals surface area contributed by atoms with Gasteiger partial charge in [0, 0.05) is 24.6 Å². The van der Waals surface area contributed by atoms with Gasteiger partial charge in [0.1, 0.15) is 11.7 Å². The maximum atomic E-state index is 13.7. The lowest BCUT2D eigenvalue weighted by molar-refractivity contribution is -0.150. The minimum atomic E-state index is -1.66. The second-order valence-corrected chi connectivity index (χ2v) is 10.4. The van der Waals surface area contributed by atoms with Crippen LogP contribution in [0.5, 0.6) is 0 Å². The molecule has 1 aromatic heterocycles. The Morgan fingerprint density at radius 2 is 1.76 bits per heavy atom. The molecule has 3 atom stereocenters. The molecule has 0 spiro atoms. The number of ketones is 1. The number of oxime groups is 1. The number of carboxylic acids is 1. The van der Waals surface area contributed by atoms with Gasteiger partial charge in [-0.1, -0.05) is 73.6 Å². The van der Waals surface area contributed by atoms with Crippen molar-refractivity contribution < 1.29 is 33.9 Å². The van der Waals surface area contributed by atoms with Crippen LogP contribution in [0.15, 0.2) is 71.9 Å². The Morgan fingerprint density at radius 1 is 1.05 bits per heavy atom. The van der Waals surface area contributed by atoms with Gasteiger partial charge in [-0.2, -0.15) is 4.79 Å². The monoisotopic (exact) mass is 570 g/mol. The third-order valence-corrected chi connectivity index (χ3v) is 6.90. The third kappa shape index (κ3) is 6.91. The number of aromatic nitrogens is 1. The first-order valence-corrected chi connectivity index (χ1v) is 13.3. The van der Waals surface area contributed by atoms with Gasteiger partial charge < -0.3 is 26.1 Å². The van der Waals surface area contributed by atoms with Crippen molar-refractivity contribution >= 4 is 46.4 Å². The minimum absolute atomic E-state index is 0.0377. The standard InChI is InChI=1S/C30H30N6O6/c1-18(2)26(35-27(38)23-13-12-20-10-6-7-11-22(20)33-23)25-16-30(42-36-25,15-19-8-4-3-5-9-19)29(41)34-24(28(39)40)14-21(37)17-32-31/h3-13,17-18,24,26H,14-16H2,1-2H3,(H,34,41)(H,35,38)(H,39,40)/t24?,26-,30?/m0/s1. The first kappa shape index (κ1) is 29.8. The van der Waals surface area contributed by atoms with E-state index in [1.54, 1.807) is 30.3 Å². The molecule has 0 aliphatic carbocycles. The molecular formula is C30H30N6O6. The first-order chi connectivity index (χ1) is 20.1. The van der Waals surface area contributed by atoms with Crippen molar-refractivity contribution in [3.63, 3.8) is 0 Å². The van der Waals surface area contributed by atoms with Gasteiger partial charge in [-0.3, -0.25) is 14.4 Å². The fourth-order valence-corrected chi connectivity index (χ4v) is 4.74. The lowest BCUT2D eigenvalue weighted by atomic mass is 9.84. The van der Waals surface area contributed by atoms with Crippen LogP contribution in [0.25, 0.3) is 16.4 Å². The SMILES string of the molecule is CC(C)[C@H](NC(=O)c1ccc2ccccc2n1)C1=NOC(Cc2ccccc2)(C(=O)NC(CC(=O)C=[N+]=[N-])C(=O)O)C1. The smallest absolute Gasteiger partial charge is 0.326 e. The number of hydrogen-bond donors (Lipinski definition) is 3. The van der Waals surface area contributed by atoms with Crippen molar-refractivity contribution in [2.24, 2.45) is 11.1 Å². The largest absolute Gasteiger partial charge is 0.480 e. The highest BCUT2D eigenvalue weighted by molar-refractivity contribution is 6.26. The van der Waals surface area contributed by atoms with Crippen molar-refractivity contribution in [3.05, 3.63) is 83.5 Å². The molecule has 0 radical (unpaired) electrons. The maximum absolute atomic E-state index is 13.7. The second kappa shape index (κ2) is 13.0. The number of Topliss-reactive ketones (excluding diaryl/α,β-unsaturated/α-hetero) is 1. The van der Waals surface area contributed by atoms with E-state index in [0.717, 1.165) is 10.9 Å². The summed E-state index contributed by atoms with van der Waals surface area (Å²) in [5.41, 5.74) is 8.95. The Hall–Kier alpha value is -5.22. The number of para-hydroxylation sites is 1. The second-order valence-electron chi connectivity index (χ2n) is 10.4. The summed E-state index contributed by atoms with van der Waals surface area (Å²) in [6, 6.07) is 17.6. The predicted octanol–water partition coefficient (Wildman–Crippen LogP) is 2.58. The van der Waals surface area contributed by atoms with Crippen LogP contribution < -0.4 is 10.6 Å². The lowest BCUT2D eigenvalue weighted by Gasteiger charge is -2.28. The molecule has 2 heterocycles. The summed E-state index contributed by atoms with van der Waals surface area (Å²) in [6.45, 7) is 3.76. The molecule has 2 unspecified atom stereocenters. The van der Waals surface area contributed by atoms with Crippen LogP contribution in [-0.2, 0) is 25.6 Å². The van der Waals surface area contributed by atoms with E-state index < -0.39 is 47.7 Å². The molecule has 2 aromatic carbocycles. The molecule has 216 valence electrons. The number of aliphatic carboxylic acids is 1. The number of pyridine rings is 1. The minimum Gasteiger partial charge on any atom is -0.480 e. The Labute approximate surface area is 241 Å². The predicted molar refractivity (Wildman–Crippen MR) is 153 cm³/mol. The van der Waals surface area contributed by atoms with E-state index in [1.165, 1.54) is 0 Å². The fraction of sp³-hybridized carbons (Fsp3) is 0.300. The highest BCUT2D eigenvalue weighted by Gasteiger charge is 2.49. The van der Waals surface area contributed by atoms with Gasteiger partial charge in [0.2, 0.25) is 11.4 Å². The average molecular weight is 571 g/mol. The van der Waals surface area contributed by atoms with Crippen molar-refractivity contribution in [1.29, 1.82) is 0 Å². The van der Waals surface area contributed by atoms with E-state index in [0.29, 0.717) is 17.4 Å². The van der Waals surface area contributed by atoms with Crippen LogP contribution in [-0.4, -0.2) is 68.1 Å². The molecule has 0 saturated carbocycles. The number of rotatable bonds is 12. The summed E-state index contributed by atoms with van der Waals surface area (Å²) in [5, 5.41) is 20.1. The number of carboxylic acid groups (broad SMARTS) is 1. The number of nitrogens with one attached hydrogen (secondary N) is 2. The van der Waals surface area contributed by atoms with E-state index >= 15 is 0 Å². The fourth-order valence-electron chi connectivity index (χ4n) is 4.74. The summed E-state index contributed by atoms with van der Waals surface area (Å²) in [6.07, 6.45) is -0.0877. The number of benzene rings is 2. The van der Waals surface area contributed by atoms with E-state index in [4.69, 9.17) is 10.4 Å². The highest BCUT2D eigenvalue weighted by Crippen LogP contribution is 2.31. The molecule has 0 saturated heterocycles. The molecule has 3 N–H and O–H groups in total. The third-order valence-electron chi connectivity index (χ3n) is 6.90. The normalized spacial score (nSPS) is 17.4. The number of carbonyl (C=O) groups excluding carboxylic acids is 3. The quantitative estimate of drug-likeness (QED) is 0.170. The van der Waals surface area contributed by atoms with Gasteiger partial charge in [-0.25, -0.2) is 9.78 Å². The molecule has 12 heteroatoms. The van der Waals surface area contributed by atoms with Crippen LogP contribution in [0.1, 0.15) is 42.7 Å². The molecule has 2 amide bonds. The van der Waals surface area contributed by atoms with Gasteiger partial charge in [0.25, 0.3) is 11.8 Å². The van der Waals surface area contributed by atoms with E-state index in [9.17, 15) is 24.3 Å². The Morgan fingerprint density at radius 3 is 2.45 bits per heavy atom. The summed E-state index contributed by atoms with van der Waals surface area (Å²) in [7, 11) is 0. The molecule has 1 aliphatic rings. The zero-order valence-corrected chi connectivity index (χ0v) is 23.1. The maximum Gasteiger partial charge on any atom is 0.326 e. The van der Waals surface area contributed by atoms with Gasteiger partial charge in [0.15, 0.2) is 0 Å². The van der Waals surface area contributed by atoms with Crippen molar-refractivity contribution in [3.8, 4) is 0 Å². The molecule has 0 fully saturated rings. The van der Waals surface area contributed by atoms with E-state index in [1.807, 2.05) is 50.2 Å². The van der Waals surface area contributed by atoms with Crippen LogP contribution in [0, 0.1) is 5.92 Å². The highest BCUT2D eigenvalue weighted by atomic mass is 16.7. The first-order valence-electron chi connectivity index (χ1n) is 13.3. The molecule has 12 nitrogen and oxygen atoms in total. The van der Waals surface area contributed by atoms with Gasteiger partial charge in [-0.15, -0.1) is 0 Å². The molecule has 0 bridgehead atoms. The Kier molecular flexibility index (Phi) is 9.18.